The molecule has 234 valence electrons. The fourth-order valence-electron chi connectivity index (χ4n) is 5.92. The Bertz CT molecular complexity index is 1870. The van der Waals surface area contributed by atoms with Crippen LogP contribution in [0.1, 0.15) is 11.1 Å². The average molecular weight is 636 g/mol. The van der Waals surface area contributed by atoms with Crippen molar-refractivity contribution in [3.05, 3.63) is 108 Å². The first-order valence-corrected chi connectivity index (χ1v) is 16.2. The third kappa shape index (κ3) is 6.37. The average Bonchev–Trinajstić information content (AvgIpc) is 3.69. The van der Waals surface area contributed by atoms with Gasteiger partial charge in [0.05, 0.1) is 16.6 Å². The summed E-state index contributed by atoms with van der Waals surface area (Å²) in [6.45, 7) is 6.01. The number of amides is 3. The van der Waals surface area contributed by atoms with Crippen LogP contribution in [0.3, 0.4) is 0 Å². The summed E-state index contributed by atoms with van der Waals surface area (Å²) in [6, 6.07) is 25.8. The first-order valence-electron chi connectivity index (χ1n) is 15.4. The zero-order valence-electron chi connectivity index (χ0n) is 25.6. The lowest BCUT2D eigenvalue weighted by atomic mass is 10.1. The van der Waals surface area contributed by atoms with E-state index in [-0.39, 0.29) is 30.7 Å². The van der Waals surface area contributed by atoms with Gasteiger partial charge in [-0.1, -0.05) is 48.5 Å². The van der Waals surface area contributed by atoms with E-state index in [1.165, 1.54) is 22.6 Å². The Kier molecular flexibility index (Phi) is 8.49. The smallest absolute Gasteiger partial charge is 0.331 e. The molecule has 10 heteroatoms. The van der Waals surface area contributed by atoms with Gasteiger partial charge >= 0.3 is 6.03 Å². The molecule has 2 saturated heterocycles. The maximum absolute atomic E-state index is 15.3. The third-order valence-corrected chi connectivity index (χ3v) is 9.75. The fraction of sp³-hybridized carbons (Fsp3) is 0.250. The first kappa shape index (κ1) is 30.0. The molecule has 0 saturated carbocycles. The first-order chi connectivity index (χ1) is 22.4. The van der Waals surface area contributed by atoms with E-state index in [0.29, 0.717) is 17.9 Å². The van der Waals surface area contributed by atoms with Gasteiger partial charge in [0.1, 0.15) is 5.75 Å². The molecule has 8 nitrogen and oxygen atoms in total. The quantitative estimate of drug-likeness (QED) is 0.190. The van der Waals surface area contributed by atoms with Gasteiger partial charge in [-0.15, -0.1) is 11.3 Å². The Hall–Kier alpha value is -4.64. The van der Waals surface area contributed by atoms with Crippen molar-refractivity contribution in [3.63, 3.8) is 0 Å². The van der Waals surface area contributed by atoms with Crippen molar-refractivity contribution >= 4 is 39.2 Å². The van der Waals surface area contributed by atoms with Crippen LogP contribution in [0.4, 0.5) is 14.9 Å². The molecule has 0 aliphatic carbocycles. The zero-order chi connectivity index (χ0) is 31.6. The largest absolute Gasteiger partial charge is 0.453 e. The SMILES string of the molecule is CN1CCN(Cc2ccc(-c3cc4nccc(Oc5ccc(CC(=O)N6CCN(c7ccccc7)C6=O)cc5F)c4s3)cc2)CC1. The molecule has 0 N–H and O–H groups in total. The van der Waals surface area contributed by atoms with Crippen molar-refractivity contribution in [3.8, 4) is 21.9 Å². The summed E-state index contributed by atoms with van der Waals surface area (Å²) in [6.07, 6.45) is 1.57. The number of carbonyl (C=O) groups is 2. The molecule has 2 fully saturated rings. The molecule has 0 spiro atoms. The predicted octanol–water partition coefficient (Wildman–Crippen LogP) is 6.65. The van der Waals surface area contributed by atoms with E-state index in [9.17, 15) is 9.59 Å². The lowest BCUT2D eigenvalue weighted by molar-refractivity contribution is -0.126. The molecule has 0 atom stereocenters. The molecule has 0 unspecified atom stereocenters. The number of nitrogens with zero attached hydrogens (tertiary/aromatic N) is 5. The number of ether oxygens (including phenoxy) is 1. The van der Waals surface area contributed by atoms with Gasteiger partial charge in [0.2, 0.25) is 5.91 Å². The number of likely N-dealkylation sites (N-methyl/N-ethyl adjacent to an activating group) is 1. The maximum atomic E-state index is 15.3. The van der Waals surface area contributed by atoms with Gasteiger partial charge in [-0.05, 0) is 54.1 Å². The molecule has 3 amide bonds. The Morgan fingerprint density at radius 2 is 1.63 bits per heavy atom. The van der Waals surface area contributed by atoms with Crippen molar-refractivity contribution < 1.29 is 18.7 Å². The van der Waals surface area contributed by atoms with Crippen LogP contribution < -0.4 is 9.64 Å². The Morgan fingerprint density at radius 1 is 0.870 bits per heavy atom. The fourth-order valence-corrected chi connectivity index (χ4v) is 6.99. The number of imide groups is 1. The number of pyridine rings is 1. The number of rotatable bonds is 8. The van der Waals surface area contributed by atoms with Crippen molar-refractivity contribution in [2.75, 3.05) is 51.2 Å². The van der Waals surface area contributed by atoms with E-state index in [2.05, 4.69) is 46.1 Å². The van der Waals surface area contributed by atoms with Crippen LogP contribution in [0.5, 0.6) is 11.5 Å². The monoisotopic (exact) mass is 635 g/mol. The lowest BCUT2D eigenvalue weighted by Gasteiger charge is -2.32. The number of piperazine rings is 1. The van der Waals surface area contributed by atoms with E-state index < -0.39 is 5.82 Å². The summed E-state index contributed by atoms with van der Waals surface area (Å²) in [4.78, 5) is 39.1. The minimum absolute atomic E-state index is 0.0550. The van der Waals surface area contributed by atoms with Crippen LogP contribution in [0.25, 0.3) is 20.7 Å². The summed E-state index contributed by atoms with van der Waals surface area (Å²) in [7, 11) is 2.17. The molecule has 0 radical (unpaired) electrons. The molecule has 0 bridgehead atoms. The number of hydrogen-bond acceptors (Lipinski definition) is 7. The maximum Gasteiger partial charge on any atom is 0.331 e. The van der Waals surface area contributed by atoms with Crippen molar-refractivity contribution in [2.45, 2.75) is 13.0 Å². The highest BCUT2D eigenvalue weighted by atomic mass is 32.1. The third-order valence-electron chi connectivity index (χ3n) is 8.57. The second-order valence-electron chi connectivity index (χ2n) is 11.8. The molecule has 7 rings (SSSR count). The van der Waals surface area contributed by atoms with Crippen LogP contribution in [-0.4, -0.2) is 77.9 Å². The van der Waals surface area contributed by atoms with Crippen LogP contribution >= 0.6 is 11.3 Å². The van der Waals surface area contributed by atoms with Crippen LogP contribution in [-0.2, 0) is 17.8 Å². The van der Waals surface area contributed by atoms with Gasteiger partial charge in [0.15, 0.2) is 11.6 Å². The highest BCUT2D eigenvalue weighted by Crippen LogP contribution is 2.39. The van der Waals surface area contributed by atoms with Crippen LogP contribution in [0.2, 0.25) is 0 Å². The van der Waals surface area contributed by atoms with Gasteiger partial charge < -0.3 is 9.64 Å². The number of hydrogen-bond donors (Lipinski definition) is 0. The van der Waals surface area contributed by atoms with Crippen molar-refractivity contribution in [1.29, 1.82) is 0 Å². The summed E-state index contributed by atoms with van der Waals surface area (Å²) in [5, 5.41) is 0. The summed E-state index contributed by atoms with van der Waals surface area (Å²) < 4.78 is 22.2. The molecule has 46 heavy (non-hydrogen) atoms. The highest BCUT2D eigenvalue weighted by molar-refractivity contribution is 7.22. The number of thiophene rings is 1. The number of urea groups is 1. The van der Waals surface area contributed by atoms with E-state index in [1.807, 2.05) is 36.4 Å². The van der Waals surface area contributed by atoms with Gasteiger partial charge in [-0.3, -0.25) is 24.5 Å². The number of fused-ring (bicyclic) bond motifs is 1. The van der Waals surface area contributed by atoms with Crippen LogP contribution in [0, 0.1) is 5.82 Å². The number of carbonyl (C=O) groups excluding carboxylic acids is 2. The zero-order valence-corrected chi connectivity index (χ0v) is 26.4. The minimum Gasteiger partial charge on any atom is -0.453 e. The van der Waals surface area contributed by atoms with Gasteiger partial charge in [0, 0.05) is 68.6 Å². The molecular formula is C36H34FN5O3S. The topological polar surface area (TPSA) is 69.2 Å². The molecule has 4 heterocycles. The van der Waals surface area contributed by atoms with Gasteiger partial charge in [-0.25, -0.2) is 9.18 Å². The molecule has 2 aliphatic heterocycles. The summed E-state index contributed by atoms with van der Waals surface area (Å²) in [5.41, 5.74) is 4.38. The number of anilines is 1. The van der Waals surface area contributed by atoms with E-state index in [1.54, 1.807) is 34.6 Å². The number of para-hydroxylation sites is 1. The molecular weight excluding hydrogens is 601 g/mol. The number of halogens is 1. The summed E-state index contributed by atoms with van der Waals surface area (Å²) in [5.74, 6) is -0.383. The lowest BCUT2D eigenvalue weighted by Crippen LogP contribution is -2.43. The van der Waals surface area contributed by atoms with E-state index in [0.717, 1.165) is 59.1 Å². The van der Waals surface area contributed by atoms with Crippen LogP contribution in [0.15, 0.2) is 91.1 Å². The number of benzene rings is 3. The second kappa shape index (κ2) is 13.0. The Morgan fingerprint density at radius 3 is 2.39 bits per heavy atom. The Balaban J connectivity index is 1.01. The van der Waals surface area contributed by atoms with Gasteiger partial charge in [-0.2, -0.15) is 0 Å². The van der Waals surface area contributed by atoms with Crippen molar-refractivity contribution in [1.82, 2.24) is 19.7 Å². The van der Waals surface area contributed by atoms with Crippen molar-refractivity contribution in [2.24, 2.45) is 0 Å². The predicted molar refractivity (Wildman–Crippen MR) is 179 cm³/mol. The molecule has 3 aromatic carbocycles. The van der Waals surface area contributed by atoms with E-state index in [4.69, 9.17) is 4.74 Å². The molecule has 5 aromatic rings. The molecule has 2 aromatic heterocycles. The minimum atomic E-state index is -0.582. The normalized spacial score (nSPS) is 16.0. The number of aromatic nitrogens is 1. The van der Waals surface area contributed by atoms with Gasteiger partial charge in [0.25, 0.3) is 0 Å². The second-order valence-corrected chi connectivity index (χ2v) is 12.8. The highest BCUT2D eigenvalue weighted by Gasteiger charge is 2.33. The molecule has 2 aliphatic rings. The standard InChI is InChI=1S/C36H34FN5O3S/c1-39-15-17-40(18-16-39)24-25-7-10-27(11-8-25)33-23-30-35(46-33)32(13-14-38-30)45-31-12-9-26(21-29(31)37)22-34(43)42-20-19-41(36(42)44)28-5-3-2-4-6-28/h2-14,21,23H,15-20,22,24H2,1H3. The summed E-state index contributed by atoms with van der Waals surface area (Å²) >= 11 is 1.56. The van der Waals surface area contributed by atoms with E-state index >= 15 is 4.39 Å². The Labute approximate surface area is 271 Å².